The lowest BCUT2D eigenvalue weighted by atomic mass is 10.1. The second kappa shape index (κ2) is 4.37. The average Bonchev–Trinajstić information content (AvgIpc) is 2.19. The van der Waals surface area contributed by atoms with Crippen molar-refractivity contribution in [1.29, 1.82) is 0 Å². The van der Waals surface area contributed by atoms with Crippen LogP contribution in [0.15, 0.2) is 17.0 Å². The fourth-order valence-corrected chi connectivity index (χ4v) is 1.54. The van der Waals surface area contributed by atoms with E-state index in [-0.39, 0.29) is 5.97 Å². The maximum absolute atomic E-state index is 11.4. The predicted octanol–water partition coefficient (Wildman–Crippen LogP) is 2.11. The van der Waals surface area contributed by atoms with Gasteiger partial charge in [-0.25, -0.2) is 4.79 Å². The lowest BCUT2D eigenvalue weighted by Gasteiger charge is -2.10. The van der Waals surface area contributed by atoms with Gasteiger partial charge < -0.3 is 10.1 Å². The maximum Gasteiger partial charge on any atom is 0.338 e. The summed E-state index contributed by atoms with van der Waals surface area (Å²) in [5, 5.41) is 3.00. The van der Waals surface area contributed by atoms with Crippen molar-refractivity contribution >= 4 is 24.3 Å². The molecule has 0 radical (unpaired) electrons. The number of esters is 1. The lowest BCUT2D eigenvalue weighted by Crippen LogP contribution is -2.06. The number of hydrogen-bond donors (Lipinski definition) is 2. The minimum Gasteiger partial charge on any atom is -0.465 e. The molecule has 0 aliphatic rings. The number of benzene rings is 1. The van der Waals surface area contributed by atoms with Crippen LogP contribution in [0.4, 0.5) is 5.69 Å². The molecule has 3 nitrogen and oxygen atoms in total. The molecule has 0 atom stereocenters. The zero-order chi connectivity index (χ0) is 10.7. The van der Waals surface area contributed by atoms with E-state index in [1.54, 1.807) is 13.1 Å². The summed E-state index contributed by atoms with van der Waals surface area (Å²) in [6.45, 7) is 1.87. The van der Waals surface area contributed by atoms with Gasteiger partial charge in [0.2, 0.25) is 0 Å². The number of anilines is 1. The Hall–Kier alpha value is -1.16. The minimum atomic E-state index is -0.338. The number of carbonyl (C=O) groups is 1. The van der Waals surface area contributed by atoms with E-state index >= 15 is 0 Å². The second-order valence-corrected chi connectivity index (χ2v) is 3.42. The van der Waals surface area contributed by atoms with E-state index in [9.17, 15) is 4.79 Å². The van der Waals surface area contributed by atoms with Gasteiger partial charge in [0.15, 0.2) is 0 Å². The SMILES string of the molecule is CNc1cc(S)cc(C(=O)OC)c1C. The van der Waals surface area contributed by atoms with Crippen molar-refractivity contribution in [3.8, 4) is 0 Å². The van der Waals surface area contributed by atoms with Gasteiger partial charge in [0.25, 0.3) is 0 Å². The van der Waals surface area contributed by atoms with Crippen molar-refractivity contribution < 1.29 is 9.53 Å². The monoisotopic (exact) mass is 211 g/mol. The molecule has 0 amide bonds. The van der Waals surface area contributed by atoms with Gasteiger partial charge in [-0.2, -0.15) is 0 Å². The van der Waals surface area contributed by atoms with E-state index in [0.717, 1.165) is 16.1 Å². The molecule has 0 aliphatic carbocycles. The molecule has 4 heteroatoms. The maximum atomic E-state index is 11.4. The van der Waals surface area contributed by atoms with Gasteiger partial charge in [0, 0.05) is 17.6 Å². The highest BCUT2D eigenvalue weighted by Gasteiger charge is 2.12. The normalized spacial score (nSPS) is 9.71. The minimum absolute atomic E-state index is 0.338. The van der Waals surface area contributed by atoms with E-state index in [2.05, 4.69) is 22.7 Å². The molecule has 0 spiro atoms. The molecule has 0 saturated carbocycles. The summed E-state index contributed by atoms with van der Waals surface area (Å²) in [4.78, 5) is 12.1. The third kappa shape index (κ3) is 2.01. The Bertz CT molecular complexity index is 363. The molecule has 0 heterocycles. The van der Waals surface area contributed by atoms with Crippen LogP contribution in [-0.4, -0.2) is 20.1 Å². The van der Waals surface area contributed by atoms with Crippen molar-refractivity contribution in [3.63, 3.8) is 0 Å². The Balaban J connectivity index is 3.29. The highest BCUT2D eigenvalue weighted by atomic mass is 32.1. The van der Waals surface area contributed by atoms with Gasteiger partial charge in [-0.05, 0) is 24.6 Å². The van der Waals surface area contributed by atoms with Crippen LogP contribution in [0.5, 0.6) is 0 Å². The van der Waals surface area contributed by atoms with Gasteiger partial charge in [0.05, 0.1) is 12.7 Å². The molecule has 0 unspecified atom stereocenters. The second-order valence-electron chi connectivity index (χ2n) is 2.91. The molecule has 0 fully saturated rings. The largest absolute Gasteiger partial charge is 0.465 e. The fraction of sp³-hybridized carbons (Fsp3) is 0.300. The van der Waals surface area contributed by atoms with E-state index in [1.165, 1.54) is 7.11 Å². The standard InChI is InChI=1S/C10H13NO2S/c1-6-8(10(12)13-3)4-7(14)5-9(6)11-2/h4-5,11,14H,1-3H3. The molecule has 0 aromatic heterocycles. The van der Waals surface area contributed by atoms with Gasteiger partial charge >= 0.3 is 5.97 Å². The Kier molecular flexibility index (Phi) is 3.41. The quantitative estimate of drug-likeness (QED) is 0.581. The number of ether oxygens (including phenoxy) is 1. The van der Waals surface area contributed by atoms with Crippen LogP contribution in [0.1, 0.15) is 15.9 Å². The molecule has 1 rings (SSSR count). The Morgan fingerprint density at radius 2 is 2.14 bits per heavy atom. The third-order valence-corrected chi connectivity index (χ3v) is 2.33. The van der Waals surface area contributed by atoms with Crippen molar-refractivity contribution in [3.05, 3.63) is 23.3 Å². The van der Waals surface area contributed by atoms with Crippen LogP contribution in [-0.2, 0) is 4.74 Å². The summed E-state index contributed by atoms with van der Waals surface area (Å²) in [7, 11) is 3.17. The van der Waals surface area contributed by atoms with Gasteiger partial charge in [-0.1, -0.05) is 0 Å². The average molecular weight is 211 g/mol. The Morgan fingerprint density at radius 1 is 1.50 bits per heavy atom. The number of hydrogen-bond acceptors (Lipinski definition) is 4. The van der Waals surface area contributed by atoms with Gasteiger partial charge in [0.1, 0.15) is 0 Å². The van der Waals surface area contributed by atoms with Crippen LogP contribution < -0.4 is 5.32 Å². The predicted molar refractivity (Wildman–Crippen MR) is 59.3 cm³/mol. The highest BCUT2D eigenvalue weighted by molar-refractivity contribution is 7.80. The van der Waals surface area contributed by atoms with Crippen molar-refractivity contribution in [2.24, 2.45) is 0 Å². The van der Waals surface area contributed by atoms with E-state index in [1.807, 2.05) is 13.0 Å². The molecule has 1 aromatic carbocycles. The molecule has 0 aliphatic heterocycles. The van der Waals surface area contributed by atoms with Gasteiger partial charge in [-0.3, -0.25) is 0 Å². The van der Waals surface area contributed by atoms with Crippen LogP contribution in [0.25, 0.3) is 0 Å². The summed E-state index contributed by atoms with van der Waals surface area (Å²) in [6, 6.07) is 3.57. The topological polar surface area (TPSA) is 38.3 Å². The highest BCUT2D eigenvalue weighted by Crippen LogP contribution is 2.23. The molecule has 1 aromatic rings. The van der Waals surface area contributed by atoms with Crippen molar-refractivity contribution in [2.75, 3.05) is 19.5 Å². The van der Waals surface area contributed by atoms with E-state index in [4.69, 9.17) is 0 Å². The molecular formula is C10H13NO2S. The zero-order valence-corrected chi connectivity index (χ0v) is 9.31. The van der Waals surface area contributed by atoms with E-state index < -0.39 is 0 Å². The number of rotatable bonds is 2. The summed E-state index contributed by atoms with van der Waals surface area (Å²) in [5.74, 6) is -0.338. The summed E-state index contributed by atoms with van der Waals surface area (Å²) >= 11 is 4.21. The number of nitrogens with one attached hydrogen (secondary N) is 1. The van der Waals surface area contributed by atoms with Crippen molar-refractivity contribution in [1.82, 2.24) is 0 Å². The smallest absolute Gasteiger partial charge is 0.338 e. The summed E-state index contributed by atoms with van der Waals surface area (Å²) in [5.41, 5.74) is 2.31. The fourth-order valence-electron chi connectivity index (χ4n) is 1.28. The first-order chi connectivity index (χ1) is 6.60. The Labute approximate surface area is 88.9 Å². The van der Waals surface area contributed by atoms with E-state index in [0.29, 0.717) is 5.56 Å². The zero-order valence-electron chi connectivity index (χ0n) is 8.42. The molecule has 0 saturated heterocycles. The lowest BCUT2D eigenvalue weighted by molar-refractivity contribution is 0.0599. The molecule has 1 N–H and O–H groups in total. The molecular weight excluding hydrogens is 198 g/mol. The van der Waals surface area contributed by atoms with Crippen molar-refractivity contribution in [2.45, 2.75) is 11.8 Å². The number of carbonyl (C=O) groups excluding carboxylic acids is 1. The van der Waals surface area contributed by atoms with Crippen LogP contribution in [0, 0.1) is 6.92 Å². The Morgan fingerprint density at radius 3 is 2.64 bits per heavy atom. The van der Waals surface area contributed by atoms with Crippen LogP contribution in [0.2, 0.25) is 0 Å². The number of methoxy groups -OCH3 is 1. The third-order valence-electron chi connectivity index (χ3n) is 2.07. The first-order valence-electron chi connectivity index (χ1n) is 4.19. The van der Waals surface area contributed by atoms with Crippen LogP contribution >= 0.6 is 12.6 Å². The molecule has 76 valence electrons. The molecule has 0 bridgehead atoms. The van der Waals surface area contributed by atoms with Crippen LogP contribution in [0.3, 0.4) is 0 Å². The summed E-state index contributed by atoms with van der Waals surface area (Å²) < 4.78 is 4.67. The first kappa shape index (κ1) is 10.9. The first-order valence-corrected chi connectivity index (χ1v) is 4.64. The number of thiol groups is 1. The van der Waals surface area contributed by atoms with Gasteiger partial charge in [-0.15, -0.1) is 12.6 Å². The summed E-state index contributed by atoms with van der Waals surface area (Å²) in [6.07, 6.45) is 0. The molecule has 14 heavy (non-hydrogen) atoms.